The van der Waals surface area contributed by atoms with Crippen LogP contribution in [0.1, 0.15) is 31.9 Å². The molecule has 0 radical (unpaired) electrons. The van der Waals surface area contributed by atoms with Gasteiger partial charge in [-0.25, -0.2) is 4.98 Å². The van der Waals surface area contributed by atoms with Gasteiger partial charge in [0.15, 0.2) is 0 Å². The van der Waals surface area contributed by atoms with Crippen molar-refractivity contribution in [2.75, 3.05) is 0 Å². The molecule has 1 aromatic heterocycles. The minimum absolute atomic E-state index is 0.181. The molecule has 1 N–H and O–H groups in total. The number of nitrogens with zero attached hydrogens (tertiary/aromatic N) is 2. The average Bonchev–Trinajstić information content (AvgIpc) is 2.93. The molecule has 2 aromatic rings. The summed E-state index contributed by atoms with van der Waals surface area (Å²) in [6, 6.07) is 7.85. The number of allylic oxidation sites excluding steroid dienone is 1. The molecule has 0 bridgehead atoms. The van der Waals surface area contributed by atoms with Gasteiger partial charge in [0.25, 0.3) is 0 Å². The number of aliphatic hydroxyl groups excluding tert-OH is 1. The molecule has 0 aliphatic carbocycles. The molecule has 2 unspecified atom stereocenters. The van der Waals surface area contributed by atoms with Crippen LogP contribution in [0.2, 0.25) is 0 Å². The number of imidazole rings is 1. The third kappa shape index (κ3) is 3.63. The molecule has 4 heteroatoms. The SMILES string of the molecule is C=CCC(C)(C)C(O)C(c1cccc(Br)c1)n1ccnc1. The number of hydrogen-bond donors (Lipinski definition) is 1. The van der Waals surface area contributed by atoms with Crippen LogP contribution in [0.3, 0.4) is 0 Å². The summed E-state index contributed by atoms with van der Waals surface area (Å²) >= 11 is 3.50. The van der Waals surface area contributed by atoms with Gasteiger partial charge < -0.3 is 9.67 Å². The van der Waals surface area contributed by atoms with E-state index in [0.29, 0.717) is 0 Å². The van der Waals surface area contributed by atoms with E-state index in [1.54, 1.807) is 12.5 Å². The number of benzene rings is 1. The van der Waals surface area contributed by atoms with Gasteiger partial charge in [-0.2, -0.15) is 0 Å². The van der Waals surface area contributed by atoms with Crippen molar-refractivity contribution < 1.29 is 5.11 Å². The molecule has 2 atom stereocenters. The van der Waals surface area contributed by atoms with Crippen LogP contribution >= 0.6 is 15.9 Å². The van der Waals surface area contributed by atoms with Crippen LogP contribution in [0.15, 0.2) is 60.1 Å². The molecule has 0 fully saturated rings. The molecule has 0 spiro atoms. The van der Waals surface area contributed by atoms with Crippen molar-refractivity contribution in [2.45, 2.75) is 32.4 Å². The van der Waals surface area contributed by atoms with E-state index in [9.17, 15) is 5.11 Å². The summed E-state index contributed by atoms with van der Waals surface area (Å²) < 4.78 is 2.95. The molecule has 3 nitrogen and oxygen atoms in total. The number of rotatable bonds is 6. The van der Waals surface area contributed by atoms with E-state index in [1.165, 1.54) is 0 Å². The molecule has 0 aliphatic heterocycles. The van der Waals surface area contributed by atoms with Crippen LogP contribution < -0.4 is 0 Å². The Bertz CT molecular complexity index is 593. The summed E-state index contributed by atoms with van der Waals surface area (Å²) in [5.74, 6) is 0. The fourth-order valence-electron chi connectivity index (χ4n) is 2.56. The van der Waals surface area contributed by atoms with Gasteiger partial charge in [0, 0.05) is 16.9 Å². The Morgan fingerprint density at radius 3 is 2.81 bits per heavy atom. The van der Waals surface area contributed by atoms with Crippen LogP contribution in [-0.4, -0.2) is 20.8 Å². The maximum absolute atomic E-state index is 11.0. The highest BCUT2D eigenvalue weighted by Gasteiger charge is 2.35. The maximum Gasteiger partial charge on any atom is 0.0952 e. The zero-order chi connectivity index (χ0) is 15.5. The summed E-state index contributed by atoms with van der Waals surface area (Å²) in [7, 11) is 0. The first-order valence-electron chi connectivity index (χ1n) is 6.97. The van der Waals surface area contributed by atoms with Gasteiger partial charge in [-0.3, -0.25) is 0 Å². The third-order valence-electron chi connectivity index (χ3n) is 3.81. The van der Waals surface area contributed by atoms with E-state index < -0.39 is 6.10 Å². The van der Waals surface area contributed by atoms with Gasteiger partial charge in [0.05, 0.1) is 18.5 Å². The first-order valence-corrected chi connectivity index (χ1v) is 7.77. The molecular formula is C17H21BrN2O. The molecular weight excluding hydrogens is 328 g/mol. The Kier molecular flexibility index (Phi) is 5.01. The highest BCUT2D eigenvalue weighted by atomic mass is 79.9. The average molecular weight is 349 g/mol. The Morgan fingerprint density at radius 1 is 1.48 bits per heavy atom. The summed E-state index contributed by atoms with van der Waals surface area (Å²) in [5.41, 5.74) is 0.769. The molecule has 2 rings (SSSR count). The minimum atomic E-state index is -0.556. The second-order valence-electron chi connectivity index (χ2n) is 5.94. The first kappa shape index (κ1) is 16.0. The monoisotopic (exact) mass is 348 g/mol. The van der Waals surface area contributed by atoms with Crippen molar-refractivity contribution in [3.05, 3.63) is 65.7 Å². The second kappa shape index (κ2) is 6.58. The molecule has 112 valence electrons. The molecule has 0 saturated carbocycles. The predicted octanol–water partition coefficient (Wildman–Crippen LogP) is 4.20. The number of hydrogen-bond acceptors (Lipinski definition) is 2. The Balaban J connectivity index is 2.45. The standard InChI is InChI=1S/C17H21BrN2O/c1-4-8-17(2,3)16(21)15(20-10-9-19-12-20)13-6-5-7-14(18)11-13/h4-7,9-12,15-16,21H,1,8H2,2-3H3. The first-order chi connectivity index (χ1) is 9.95. The van der Waals surface area contributed by atoms with E-state index in [2.05, 4.69) is 41.3 Å². The van der Waals surface area contributed by atoms with Crippen molar-refractivity contribution in [3.8, 4) is 0 Å². The summed E-state index contributed by atoms with van der Waals surface area (Å²) in [6.45, 7) is 7.91. The van der Waals surface area contributed by atoms with Gasteiger partial charge in [-0.05, 0) is 29.5 Å². The zero-order valence-electron chi connectivity index (χ0n) is 12.4. The van der Waals surface area contributed by atoms with Crippen molar-refractivity contribution >= 4 is 15.9 Å². The fourth-order valence-corrected chi connectivity index (χ4v) is 2.98. The van der Waals surface area contributed by atoms with Gasteiger partial charge >= 0.3 is 0 Å². The lowest BCUT2D eigenvalue weighted by Gasteiger charge is -2.36. The number of aromatic nitrogens is 2. The van der Waals surface area contributed by atoms with E-state index in [0.717, 1.165) is 16.5 Å². The zero-order valence-corrected chi connectivity index (χ0v) is 14.0. The van der Waals surface area contributed by atoms with Crippen LogP contribution in [0.5, 0.6) is 0 Å². The lowest BCUT2D eigenvalue weighted by Crippen LogP contribution is -2.37. The van der Waals surface area contributed by atoms with Crippen molar-refractivity contribution in [1.29, 1.82) is 0 Å². The summed E-state index contributed by atoms with van der Waals surface area (Å²) in [6.07, 6.45) is 7.41. The lowest BCUT2D eigenvalue weighted by molar-refractivity contribution is 0.0202. The quantitative estimate of drug-likeness (QED) is 0.794. The molecule has 1 heterocycles. The summed E-state index contributed by atoms with van der Waals surface area (Å²) in [4.78, 5) is 4.12. The van der Waals surface area contributed by atoms with Crippen LogP contribution in [0.25, 0.3) is 0 Å². The Hall–Kier alpha value is -1.39. The van der Waals surface area contributed by atoms with Crippen LogP contribution in [0, 0.1) is 5.41 Å². The number of aliphatic hydroxyl groups is 1. The van der Waals surface area contributed by atoms with E-state index in [-0.39, 0.29) is 11.5 Å². The largest absolute Gasteiger partial charge is 0.390 e. The highest BCUT2D eigenvalue weighted by molar-refractivity contribution is 9.10. The maximum atomic E-state index is 11.0. The minimum Gasteiger partial charge on any atom is -0.390 e. The predicted molar refractivity (Wildman–Crippen MR) is 89.1 cm³/mol. The Morgan fingerprint density at radius 2 is 2.24 bits per heavy atom. The van der Waals surface area contributed by atoms with Gasteiger partial charge in [-0.1, -0.05) is 48.0 Å². The van der Waals surface area contributed by atoms with Gasteiger partial charge in [-0.15, -0.1) is 6.58 Å². The number of halogens is 1. The lowest BCUT2D eigenvalue weighted by atomic mass is 9.78. The van der Waals surface area contributed by atoms with Gasteiger partial charge in [0.2, 0.25) is 0 Å². The van der Waals surface area contributed by atoms with E-state index in [1.807, 2.05) is 41.1 Å². The fraction of sp³-hybridized carbons (Fsp3) is 0.353. The Labute approximate surface area is 134 Å². The highest BCUT2D eigenvalue weighted by Crippen LogP contribution is 2.36. The smallest absolute Gasteiger partial charge is 0.0952 e. The van der Waals surface area contributed by atoms with Crippen molar-refractivity contribution in [1.82, 2.24) is 9.55 Å². The normalized spacial score (nSPS) is 14.7. The van der Waals surface area contributed by atoms with Crippen LogP contribution in [-0.2, 0) is 0 Å². The molecule has 0 saturated heterocycles. The molecule has 0 aliphatic rings. The third-order valence-corrected chi connectivity index (χ3v) is 4.30. The summed E-state index contributed by atoms with van der Waals surface area (Å²) in [5, 5.41) is 11.0. The van der Waals surface area contributed by atoms with E-state index in [4.69, 9.17) is 0 Å². The topological polar surface area (TPSA) is 38.0 Å². The van der Waals surface area contributed by atoms with E-state index >= 15 is 0 Å². The second-order valence-corrected chi connectivity index (χ2v) is 6.85. The van der Waals surface area contributed by atoms with Crippen LogP contribution in [0.4, 0.5) is 0 Å². The molecule has 0 amide bonds. The van der Waals surface area contributed by atoms with Crippen molar-refractivity contribution in [3.63, 3.8) is 0 Å². The van der Waals surface area contributed by atoms with Crippen molar-refractivity contribution in [2.24, 2.45) is 5.41 Å². The van der Waals surface area contributed by atoms with Gasteiger partial charge in [0.1, 0.15) is 0 Å². The molecule has 21 heavy (non-hydrogen) atoms. The molecule has 1 aromatic carbocycles.